The summed E-state index contributed by atoms with van der Waals surface area (Å²) >= 11 is 6.63. The lowest BCUT2D eigenvalue weighted by molar-refractivity contribution is 0.881. The van der Waals surface area contributed by atoms with Gasteiger partial charge in [0.25, 0.3) is 0 Å². The first-order chi connectivity index (χ1) is 10.2. The molecule has 0 aliphatic rings. The number of benzene rings is 2. The van der Waals surface area contributed by atoms with Gasteiger partial charge in [0.05, 0.1) is 5.56 Å². The van der Waals surface area contributed by atoms with Gasteiger partial charge in [-0.3, -0.25) is 0 Å². The Bertz CT molecular complexity index is 750. The summed E-state index contributed by atoms with van der Waals surface area (Å²) in [4.78, 5) is 0. The summed E-state index contributed by atoms with van der Waals surface area (Å²) in [5, 5.41) is 22.1. The van der Waals surface area contributed by atoms with E-state index in [1.807, 2.05) is 48.5 Å². The minimum absolute atomic E-state index is 0.600. The molecule has 0 fully saturated rings. The van der Waals surface area contributed by atoms with Gasteiger partial charge in [-0.25, -0.2) is 0 Å². The average molecular weight is 407 g/mol. The van der Waals surface area contributed by atoms with Gasteiger partial charge in [0, 0.05) is 14.5 Å². The SMILES string of the molecule is Brc1ccccc1-c1nn[nH]n1.N#Cc1ccccc1Br. The summed E-state index contributed by atoms with van der Waals surface area (Å²) in [5.74, 6) is 0.600. The molecule has 3 aromatic rings. The Labute approximate surface area is 138 Å². The van der Waals surface area contributed by atoms with Gasteiger partial charge in [-0.1, -0.05) is 40.2 Å². The Hall–Kier alpha value is -2.04. The molecule has 0 aliphatic carbocycles. The number of aromatic amines is 1. The molecule has 0 spiro atoms. The first-order valence-electron chi connectivity index (χ1n) is 5.85. The monoisotopic (exact) mass is 405 g/mol. The molecule has 1 aromatic heterocycles. The number of nitriles is 1. The van der Waals surface area contributed by atoms with Crippen LogP contribution in [0.15, 0.2) is 57.5 Å². The number of tetrazole rings is 1. The van der Waals surface area contributed by atoms with Crippen molar-refractivity contribution in [3.8, 4) is 17.5 Å². The summed E-state index contributed by atoms with van der Waals surface area (Å²) in [6.07, 6.45) is 0. The fraction of sp³-hybridized carbons (Fsp3) is 0. The molecule has 21 heavy (non-hydrogen) atoms. The molecule has 0 unspecified atom stereocenters. The third-order valence-electron chi connectivity index (χ3n) is 2.45. The quantitative estimate of drug-likeness (QED) is 0.663. The molecule has 0 atom stereocenters. The van der Waals surface area contributed by atoms with E-state index in [4.69, 9.17) is 5.26 Å². The molecule has 7 heteroatoms. The Morgan fingerprint density at radius 3 is 2.14 bits per heavy atom. The molecule has 0 saturated heterocycles. The fourth-order valence-electron chi connectivity index (χ4n) is 1.47. The van der Waals surface area contributed by atoms with Gasteiger partial charge in [0.15, 0.2) is 0 Å². The van der Waals surface area contributed by atoms with Crippen LogP contribution in [0.3, 0.4) is 0 Å². The smallest absolute Gasteiger partial charge is 0.192 e. The van der Waals surface area contributed by atoms with Crippen molar-refractivity contribution < 1.29 is 0 Å². The Balaban J connectivity index is 0.000000161. The van der Waals surface area contributed by atoms with E-state index in [2.05, 4.69) is 52.5 Å². The highest BCUT2D eigenvalue weighted by Gasteiger charge is 2.04. The van der Waals surface area contributed by atoms with Crippen LogP contribution in [0.5, 0.6) is 0 Å². The first kappa shape index (κ1) is 15.4. The fourth-order valence-corrected chi connectivity index (χ4v) is 2.31. The maximum Gasteiger partial charge on any atom is 0.205 e. The number of nitrogens with zero attached hydrogens (tertiary/aromatic N) is 4. The number of halogens is 2. The zero-order valence-electron chi connectivity index (χ0n) is 10.7. The lowest BCUT2D eigenvalue weighted by atomic mass is 10.2. The van der Waals surface area contributed by atoms with Crippen LogP contribution in [0, 0.1) is 11.3 Å². The van der Waals surface area contributed by atoms with E-state index in [1.165, 1.54) is 0 Å². The molecular weight excluding hydrogens is 398 g/mol. The number of aromatic nitrogens is 4. The van der Waals surface area contributed by atoms with E-state index in [-0.39, 0.29) is 0 Å². The van der Waals surface area contributed by atoms with E-state index in [9.17, 15) is 0 Å². The van der Waals surface area contributed by atoms with Crippen molar-refractivity contribution in [3.05, 3.63) is 63.0 Å². The maximum absolute atomic E-state index is 8.44. The van der Waals surface area contributed by atoms with Crippen molar-refractivity contribution in [2.45, 2.75) is 0 Å². The summed E-state index contributed by atoms with van der Waals surface area (Å²) in [7, 11) is 0. The average Bonchev–Trinajstić information content (AvgIpc) is 3.03. The Kier molecular flexibility index (Phi) is 5.60. The van der Waals surface area contributed by atoms with Crippen molar-refractivity contribution in [1.82, 2.24) is 20.6 Å². The summed E-state index contributed by atoms with van der Waals surface area (Å²) in [5.41, 5.74) is 1.61. The second-order valence-electron chi connectivity index (χ2n) is 3.81. The van der Waals surface area contributed by atoms with Crippen molar-refractivity contribution in [3.63, 3.8) is 0 Å². The van der Waals surface area contributed by atoms with Gasteiger partial charge in [-0.05, 0) is 45.4 Å². The second-order valence-corrected chi connectivity index (χ2v) is 5.52. The van der Waals surface area contributed by atoms with Gasteiger partial charge < -0.3 is 0 Å². The lowest BCUT2D eigenvalue weighted by Gasteiger charge is -1.95. The van der Waals surface area contributed by atoms with E-state index < -0.39 is 0 Å². The maximum atomic E-state index is 8.44. The van der Waals surface area contributed by atoms with Crippen LogP contribution in [0.1, 0.15) is 5.56 Å². The van der Waals surface area contributed by atoms with E-state index >= 15 is 0 Å². The normalized spacial score (nSPS) is 9.38. The molecule has 0 aliphatic heterocycles. The number of hydrogen-bond donors (Lipinski definition) is 1. The minimum atomic E-state index is 0.600. The van der Waals surface area contributed by atoms with Crippen LogP contribution in [0.25, 0.3) is 11.4 Å². The zero-order valence-corrected chi connectivity index (χ0v) is 13.8. The number of nitrogens with one attached hydrogen (secondary N) is 1. The molecule has 0 radical (unpaired) electrons. The van der Waals surface area contributed by atoms with Gasteiger partial charge in [-0.15, -0.1) is 10.2 Å². The third-order valence-corrected chi connectivity index (χ3v) is 3.84. The van der Waals surface area contributed by atoms with Gasteiger partial charge in [0.1, 0.15) is 6.07 Å². The largest absolute Gasteiger partial charge is 0.205 e. The van der Waals surface area contributed by atoms with E-state index in [0.29, 0.717) is 11.4 Å². The molecule has 1 N–H and O–H groups in total. The molecule has 3 rings (SSSR count). The molecular formula is C14H9Br2N5. The third kappa shape index (κ3) is 4.21. The zero-order chi connectivity index (χ0) is 15.1. The van der Waals surface area contributed by atoms with Gasteiger partial charge >= 0.3 is 0 Å². The molecule has 0 bridgehead atoms. The van der Waals surface area contributed by atoms with Crippen LogP contribution >= 0.6 is 31.9 Å². The van der Waals surface area contributed by atoms with Crippen molar-refractivity contribution in [1.29, 1.82) is 5.26 Å². The molecule has 2 aromatic carbocycles. The number of rotatable bonds is 1. The highest BCUT2D eigenvalue weighted by molar-refractivity contribution is 9.10. The van der Waals surface area contributed by atoms with Gasteiger partial charge in [0.2, 0.25) is 5.82 Å². The predicted molar refractivity (Wildman–Crippen MR) is 86.2 cm³/mol. The van der Waals surface area contributed by atoms with Crippen LogP contribution in [0.2, 0.25) is 0 Å². The summed E-state index contributed by atoms with van der Waals surface area (Å²) in [6, 6.07) is 17.1. The molecule has 5 nitrogen and oxygen atoms in total. The predicted octanol–water partition coefficient (Wildman–Crippen LogP) is 3.95. The van der Waals surface area contributed by atoms with Crippen LogP contribution < -0.4 is 0 Å². The summed E-state index contributed by atoms with van der Waals surface area (Å²) < 4.78 is 1.82. The molecule has 104 valence electrons. The van der Waals surface area contributed by atoms with Crippen LogP contribution in [0.4, 0.5) is 0 Å². The highest BCUT2D eigenvalue weighted by atomic mass is 79.9. The topological polar surface area (TPSA) is 78.2 Å². The number of hydrogen-bond acceptors (Lipinski definition) is 4. The standard InChI is InChI=1S/C7H5BrN4.C7H4BrN/c8-6-4-2-1-3-5(6)7-9-11-12-10-7;8-7-4-2-1-3-6(7)5-9/h1-4H,(H,9,10,11,12);1-4H. The highest BCUT2D eigenvalue weighted by Crippen LogP contribution is 2.23. The molecule has 0 amide bonds. The van der Waals surface area contributed by atoms with Crippen molar-refractivity contribution >= 4 is 31.9 Å². The molecule has 0 saturated carbocycles. The Morgan fingerprint density at radius 1 is 0.952 bits per heavy atom. The van der Waals surface area contributed by atoms with Crippen LogP contribution in [-0.4, -0.2) is 20.6 Å². The van der Waals surface area contributed by atoms with E-state index in [1.54, 1.807) is 6.07 Å². The second kappa shape index (κ2) is 7.67. The lowest BCUT2D eigenvalue weighted by Crippen LogP contribution is -1.81. The van der Waals surface area contributed by atoms with E-state index in [0.717, 1.165) is 14.5 Å². The minimum Gasteiger partial charge on any atom is -0.192 e. The summed E-state index contributed by atoms with van der Waals surface area (Å²) in [6.45, 7) is 0. The first-order valence-corrected chi connectivity index (χ1v) is 7.44. The van der Waals surface area contributed by atoms with Crippen LogP contribution in [-0.2, 0) is 0 Å². The molecule has 1 heterocycles. The van der Waals surface area contributed by atoms with Gasteiger partial charge in [-0.2, -0.15) is 10.5 Å². The number of H-pyrrole nitrogens is 1. The van der Waals surface area contributed by atoms with Crippen molar-refractivity contribution in [2.24, 2.45) is 0 Å². The van der Waals surface area contributed by atoms with Crippen molar-refractivity contribution in [2.75, 3.05) is 0 Å². The Morgan fingerprint density at radius 2 is 1.62 bits per heavy atom.